The summed E-state index contributed by atoms with van der Waals surface area (Å²) in [4.78, 5) is 35.6. The lowest BCUT2D eigenvalue weighted by Crippen LogP contribution is -2.11. The number of benzene rings is 1. The molecular formula is C18H22N2O5. The molecule has 2 rings (SSSR count). The minimum Gasteiger partial charge on any atom is -0.462 e. The number of ether oxygens (including phenoxy) is 2. The average Bonchev–Trinajstić information content (AvgIpc) is 2.85. The number of carbonyl (C=O) groups is 3. The van der Waals surface area contributed by atoms with E-state index in [1.54, 1.807) is 13.0 Å². The van der Waals surface area contributed by atoms with Crippen molar-refractivity contribution >= 4 is 28.7 Å². The molecule has 0 saturated heterocycles. The zero-order chi connectivity index (χ0) is 18.7. The zero-order valence-corrected chi connectivity index (χ0v) is 15.1. The number of fused-ring (bicyclic) bond motifs is 1. The maximum absolute atomic E-state index is 12.1. The van der Waals surface area contributed by atoms with Gasteiger partial charge in [0, 0.05) is 19.2 Å². The van der Waals surface area contributed by atoms with Gasteiger partial charge in [-0.2, -0.15) is 9.78 Å². The number of hydrogen-bond acceptors (Lipinski definition) is 6. The van der Waals surface area contributed by atoms with Crippen molar-refractivity contribution in [3.63, 3.8) is 0 Å². The smallest absolute Gasteiger partial charge is 0.338 e. The van der Waals surface area contributed by atoms with Crippen molar-refractivity contribution in [2.75, 3.05) is 6.61 Å². The van der Waals surface area contributed by atoms with Crippen LogP contribution in [0.25, 0.3) is 10.9 Å². The Kier molecular flexibility index (Phi) is 5.56. The molecule has 0 saturated carbocycles. The Morgan fingerprint density at radius 3 is 2.40 bits per heavy atom. The van der Waals surface area contributed by atoms with Gasteiger partial charge in [-0.25, -0.2) is 4.79 Å². The van der Waals surface area contributed by atoms with Crippen LogP contribution in [0.2, 0.25) is 0 Å². The number of hydrogen-bond donors (Lipinski definition) is 0. The SMILES string of the molecule is CCOC(=O)c1cc(OC(C)=O)c2c(c1)c(CC(C)C)nn2C(C)=O. The second-order valence-electron chi connectivity index (χ2n) is 6.16. The van der Waals surface area contributed by atoms with Crippen LogP contribution in [0.4, 0.5) is 0 Å². The molecule has 0 spiro atoms. The maximum atomic E-state index is 12.1. The summed E-state index contributed by atoms with van der Waals surface area (Å²) in [7, 11) is 0. The third-order valence-electron chi connectivity index (χ3n) is 3.48. The standard InChI is InChI=1S/C18H22N2O5/c1-6-24-18(23)13-8-14-15(7-10(2)3)19-20(11(4)21)17(14)16(9-13)25-12(5)22/h8-10H,6-7H2,1-5H3. The highest BCUT2D eigenvalue weighted by atomic mass is 16.5. The molecule has 2 aromatic rings. The summed E-state index contributed by atoms with van der Waals surface area (Å²) in [6, 6.07) is 3.03. The monoisotopic (exact) mass is 346 g/mol. The second-order valence-corrected chi connectivity index (χ2v) is 6.16. The molecule has 1 aromatic heterocycles. The Morgan fingerprint density at radius 2 is 1.88 bits per heavy atom. The molecule has 7 nitrogen and oxygen atoms in total. The van der Waals surface area contributed by atoms with Gasteiger partial charge >= 0.3 is 11.9 Å². The molecule has 134 valence electrons. The second kappa shape index (κ2) is 7.46. The molecule has 0 atom stereocenters. The summed E-state index contributed by atoms with van der Waals surface area (Å²) in [6.07, 6.45) is 0.614. The van der Waals surface area contributed by atoms with E-state index in [0.717, 1.165) is 0 Å². The molecule has 1 heterocycles. The van der Waals surface area contributed by atoms with Gasteiger partial charge in [-0.3, -0.25) is 9.59 Å². The van der Waals surface area contributed by atoms with Gasteiger partial charge in [0.2, 0.25) is 5.91 Å². The summed E-state index contributed by atoms with van der Waals surface area (Å²) >= 11 is 0. The van der Waals surface area contributed by atoms with Crippen LogP contribution in [0.3, 0.4) is 0 Å². The molecule has 0 radical (unpaired) electrons. The fourth-order valence-electron chi connectivity index (χ4n) is 2.60. The van der Waals surface area contributed by atoms with Gasteiger partial charge in [0.1, 0.15) is 5.52 Å². The predicted octanol–water partition coefficient (Wildman–Crippen LogP) is 3.00. The van der Waals surface area contributed by atoms with E-state index in [-0.39, 0.29) is 23.8 Å². The molecule has 0 amide bonds. The van der Waals surface area contributed by atoms with Crippen LogP contribution in [0.5, 0.6) is 5.75 Å². The van der Waals surface area contributed by atoms with Gasteiger partial charge in [0.25, 0.3) is 0 Å². The Hall–Kier alpha value is -2.70. The highest BCUT2D eigenvalue weighted by Crippen LogP contribution is 2.32. The number of nitrogens with zero attached hydrogens (tertiary/aromatic N) is 2. The molecule has 0 bridgehead atoms. The lowest BCUT2D eigenvalue weighted by molar-refractivity contribution is -0.131. The first kappa shape index (κ1) is 18.6. The summed E-state index contributed by atoms with van der Waals surface area (Å²) < 4.78 is 11.5. The topological polar surface area (TPSA) is 87.5 Å². The van der Waals surface area contributed by atoms with Gasteiger partial charge in [-0.05, 0) is 31.4 Å². The largest absolute Gasteiger partial charge is 0.462 e. The van der Waals surface area contributed by atoms with E-state index in [1.165, 1.54) is 24.6 Å². The van der Waals surface area contributed by atoms with Crippen LogP contribution in [0.15, 0.2) is 12.1 Å². The minimum absolute atomic E-state index is 0.116. The zero-order valence-electron chi connectivity index (χ0n) is 15.1. The first-order chi connectivity index (χ1) is 11.7. The number of esters is 2. The molecular weight excluding hydrogens is 324 g/mol. The van der Waals surface area contributed by atoms with Crippen molar-refractivity contribution < 1.29 is 23.9 Å². The summed E-state index contributed by atoms with van der Waals surface area (Å²) in [5.41, 5.74) is 1.30. The van der Waals surface area contributed by atoms with E-state index in [0.29, 0.717) is 28.9 Å². The Balaban J connectivity index is 2.78. The molecule has 0 fully saturated rings. The van der Waals surface area contributed by atoms with Crippen molar-refractivity contribution in [2.24, 2.45) is 5.92 Å². The molecule has 0 unspecified atom stereocenters. The third kappa shape index (κ3) is 4.04. The summed E-state index contributed by atoms with van der Waals surface area (Å²) in [6.45, 7) is 8.63. The van der Waals surface area contributed by atoms with Gasteiger partial charge in [-0.1, -0.05) is 13.8 Å². The minimum atomic E-state index is -0.552. The highest BCUT2D eigenvalue weighted by molar-refractivity contribution is 6.01. The summed E-state index contributed by atoms with van der Waals surface area (Å²) in [5, 5.41) is 4.97. The van der Waals surface area contributed by atoms with E-state index in [1.807, 2.05) is 13.8 Å². The molecule has 0 aliphatic carbocycles. The van der Waals surface area contributed by atoms with E-state index >= 15 is 0 Å². The van der Waals surface area contributed by atoms with Crippen LogP contribution in [-0.2, 0) is 16.0 Å². The van der Waals surface area contributed by atoms with Crippen molar-refractivity contribution in [1.29, 1.82) is 0 Å². The van der Waals surface area contributed by atoms with Crippen molar-refractivity contribution in [2.45, 2.75) is 41.0 Å². The molecule has 0 aliphatic heterocycles. The van der Waals surface area contributed by atoms with Crippen LogP contribution in [0, 0.1) is 5.92 Å². The van der Waals surface area contributed by atoms with Crippen molar-refractivity contribution in [1.82, 2.24) is 9.78 Å². The maximum Gasteiger partial charge on any atom is 0.338 e. The highest BCUT2D eigenvalue weighted by Gasteiger charge is 2.22. The number of carbonyl (C=O) groups excluding carboxylic acids is 3. The fraction of sp³-hybridized carbons (Fsp3) is 0.444. The quantitative estimate of drug-likeness (QED) is 0.611. The predicted molar refractivity (Wildman–Crippen MR) is 91.8 cm³/mol. The van der Waals surface area contributed by atoms with Crippen LogP contribution >= 0.6 is 0 Å². The Morgan fingerprint density at radius 1 is 1.20 bits per heavy atom. The van der Waals surface area contributed by atoms with Crippen LogP contribution in [-0.4, -0.2) is 34.2 Å². The normalized spacial score (nSPS) is 11.0. The van der Waals surface area contributed by atoms with Gasteiger partial charge < -0.3 is 9.47 Å². The fourth-order valence-corrected chi connectivity index (χ4v) is 2.60. The Labute approximate surface area is 145 Å². The van der Waals surface area contributed by atoms with E-state index in [2.05, 4.69) is 5.10 Å². The third-order valence-corrected chi connectivity index (χ3v) is 3.48. The molecule has 0 N–H and O–H groups in total. The molecule has 7 heteroatoms. The summed E-state index contributed by atoms with van der Waals surface area (Å²) in [5.74, 6) is -0.974. The molecule has 25 heavy (non-hydrogen) atoms. The van der Waals surface area contributed by atoms with E-state index < -0.39 is 11.9 Å². The van der Waals surface area contributed by atoms with E-state index in [9.17, 15) is 14.4 Å². The molecule has 0 aliphatic rings. The first-order valence-corrected chi connectivity index (χ1v) is 8.16. The average molecular weight is 346 g/mol. The van der Waals surface area contributed by atoms with Gasteiger partial charge in [-0.15, -0.1) is 0 Å². The van der Waals surface area contributed by atoms with Gasteiger partial charge in [0.15, 0.2) is 5.75 Å². The lowest BCUT2D eigenvalue weighted by atomic mass is 10.0. The van der Waals surface area contributed by atoms with E-state index in [4.69, 9.17) is 9.47 Å². The van der Waals surface area contributed by atoms with Crippen molar-refractivity contribution in [3.8, 4) is 5.75 Å². The van der Waals surface area contributed by atoms with Crippen LogP contribution < -0.4 is 4.74 Å². The van der Waals surface area contributed by atoms with Crippen LogP contribution in [0.1, 0.15) is 55.5 Å². The number of rotatable bonds is 5. The molecule has 1 aromatic carbocycles. The van der Waals surface area contributed by atoms with Gasteiger partial charge in [0.05, 0.1) is 17.9 Å². The lowest BCUT2D eigenvalue weighted by Gasteiger charge is -2.09. The first-order valence-electron chi connectivity index (χ1n) is 8.16. The number of aromatic nitrogens is 2. The Bertz CT molecular complexity index is 836. The van der Waals surface area contributed by atoms with Crippen molar-refractivity contribution in [3.05, 3.63) is 23.4 Å².